The topological polar surface area (TPSA) is 65.6 Å². The van der Waals surface area contributed by atoms with Crippen molar-refractivity contribution in [1.29, 1.82) is 5.26 Å². The maximum Gasteiger partial charge on any atom is 0.128 e. The van der Waals surface area contributed by atoms with Gasteiger partial charge in [0, 0.05) is 5.56 Å². The molecule has 2 aromatic rings. The van der Waals surface area contributed by atoms with Crippen LogP contribution in [0.2, 0.25) is 0 Å². The highest BCUT2D eigenvalue weighted by Gasteiger charge is 2.03. The molecule has 0 aromatic heterocycles. The van der Waals surface area contributed by atoms with Crippen molar-refractivity contribution >= 4 is 12.3 Å². The van der Waals surface area contributed by atoms with Crippen LogP contribution in [0.15, 0.2) is 65.3 Å². The van der Waals surface area contributed by atoms with E-state index < -0.39 is 0 Å². The average molecular weight is 278 g/mol. The Hall–Kier alpha value is -3.06. The molecule has 0 amide bonds. The quantitative estimate of drug-likeness (QED) is 0.394. The van der Waals surface area contributed by atoms with Crippen LogP contribution < -0.4 is 4.74 Å². The first-order valence-electron chi connectivity index (χ1n) is 6.38. The van der Waals surface area contributed by atoms with Gasteiger partial charge in [0.05, 0.1) is 17.9 Å². The average Bonchev–Trinajstić information content (AvgIpc) is 2.54. The molecule has 2 aromatic carbocycles. The number of oxime groups is 1. The van der Waals surface area contributed by atoms with Crippen LogP contribution in [0.3, 0.4) is 0 Å². The SMILES string of the molecule is N#C/C(=C\c1ccccc1)COc1ccccc1/C=N/O. The molecule has 21 heavy (non-hydrogen) atoms. The van der Waals surface area contributed by atoms with Gasteiger partial charge >= 0.3 is 0 Å². The van der Waals surface area contributed by atoms with E-state index in [-0.39, 0.29) is 6.61 Å². The number of para-hydroxylation sites is 1. The second-order valence-electron chi connectivity index (χ2n) is 4.26. The van der Waals surface area contributed by atoms with E-state index in [1.165, 1.54) is 6.21 Å². The van der Waals surface area contributed by atoms with Gasteiger partial charge in [-0.3, -0.25) is 0 Å². The van der Waals surface area contributed by atoms with Crippen LogP contribution in [0, 0.1) is 11.3 Å². The number of benzene rings is 2. The van der Waals surface area contributed by atoms with Crippen molar-refractivity contribution in [3.63, 3.8) is 0 Å². The van der Waals surface area contributed by atoms with Gasteiger partial charge in [-0.2, -0.15) is 5.26 Å². The lowest BCUT2D eigenvalue weighted by Crippen LogP contribution is -2.02. The summed E-state index contributed by atoms with van der Waals surface area (Å²) in [5.41, 5.74) is 2.11. The molecule has 2 rings (SSSR count). The summed E-state index contributed by atoms with van der Waals surface area (Å²) in [6.45, 7) is 0.154. The van der Waals surface area contributed by atoms with Gasteiger partial charge in [-0.1, -0.05) is 47.6 Å². The molecule has 0 radical (unpaired) electrons. The standard InChI is InChI=1S/C17H14N2O2/c18-11-15(10-14-6-2-1-3-7-14)13-21-17-9-5-4-8-16(17)12-19-20/h1-10,12,20H,13H2/b15-10+,19-12+. The van der Waals surface area contributed by atoms with Gasteiger partial charge in [0.1, 0.15) is 12.4 Å². The largest absolute Gasteiger partial charge is 0.487 e. The lowest BCUT2D eigenvalue weighted by Gasteiger charge is -2.07. The molecular weight excluding hydrogens is 264 g/mol. The van der Waals surface area contributed by atoms with Crippen LogP contribution in [-0.4, -0.2) is 18.0 Å². The zero-order valence-electron chi connectivity index (χ0n) is 11.3. The van der Waals surface area contributed by atoms with E-state index in [1.54, 1.807) is 18.2 Å². The van der Waals surface area contributed by atoms with Gasteiger partial charge in [0.25, 0.3) is 0 Å². The van der Waals surface area contributed by atoms with E-state index in [4.69, 9.17) is 9.94 Å². The maximum atomic E-state index is 9.17. The molecule has 104 valence electrons. The summed E-state index contributed by atoms with van der Waals surface area (Å²) in [6.07, 6.45) is 3.07. The summed E-state index contributed by atoms with van der Waals surface area (Å²) in [5.74, 6) is 0.560. The smallest absolute Gasteiger partial charge is 0.128 e. The fourth-order valence-electron chi connectivity index (χ4n) is 1.79. The first-order valence-corrected chi connectivity index (χ1v) is 6.38. The van der Waals surface area contributed by atoms with E-state index >= 15 is 0 Å². The molecule has 0 spiro atoms. The Kier molecular flexibility index (Phi) is 5.13. The van der Waals surface area contributed by atoms with Gasteiger partial charge < -0.3 is 9.94 Å². The molecule has 1 N–H and O–H groups in total. The second-order valence-corrected chi connectivity index (χ2v) is 4.26. The van der Waals surface area contributed by atoms with Gasteiger partial charge in [0.2, 0.25) is 0 Å². The fourth-order valence-corrected chi connectivity index (χ4v) is 1.79. The van der Waals surface area contributed by atoms with Crippen LogP contribution in [0.4, 0.5) is 0 Å². The summed E-state index contributed by atoms with van der Waals surface area (Å²) in [5, 5.41) is 20.8. The summed E-state index contributed by atoms with van der Waals surface area (Å²) < 4.78 is 5.62. The zero-order valence-corrected chi connectivity index (χ0v) is 11.3. The number of hydrogen-bond acceptors (Lipinski definition) is 4. The number of hydrogen-bond donors (Lipinski definition) is 1. The van der Waals surface area contributed by atoms with Gasteiger partial charge in [-0.15, -0.1) is 0 Å². The van der Waals surface area contributed by atoms with Crippen molar-refractivity contribution in [2.24, 2.45) is 5.16 Å². The predicted octanol–water partition coefficient (Wildman–Crippen LogP) is 3.48. The Bertz CT molecular complexity index is 685. The van der Waals surface area contributed by atoms with Crippen molar-refractivity contribution in [1.82, 2.24) is 0 Å². The van der Waals surface area contributed by atoms with Crippen LogP contribution in [0.5, 0.6) is 5.75 Å². The number of ether oxygens (including phenoxy) is 1. The molecule has 4 heteroatoms. The Morgan fingerprint density at radius 1 is 1.14 bits per heavy atom. The minimum atomic E-state index is 0.154. The summed E-state index contributed by atoms with van der Waals surface area (Å²) in [4.78, 5) is 0. The third-order valence-electron chi connectivity index (χ3n) is 2.78. The van der Waals surface area contributed by atoms with E-state index in [0.717, 1.165) is 5.56 Å². The summed E-state index contributed by atoms with van der Waals surface area (Å²) in [7, 11) is 0. The Morgan fingerprint density at radius 2 is 1.86 bits per heavy atom. The minimum Gasteiger partial charge on any atom is -0.487 e. The third-order valence-corrected chi connectivity index (χ3v) is 2.78. The van der Waals surface area contributed by atoms with Crippen molar-refractivity contribution in [2.75, 3.05) is 6.61 Å². The highest BCUT2D eigenvalue weighted by Crippen LogP contribution is 2.17. The van der Waals surface area contributed by atoms with Crippen LogP contribution in [0.25, 0.3) is 6.08 Å². The monoisotopic (exact) mass is 278 g/mol. The lowest BCUT2D eigenvalue weighted by atomic mass is 10.1. The van der Waals surface area contributed by atoms with E-state index in [1.807, 2.05) is 42.5 Å². The van der Waals surface area contributed by atoms with Crippen LogP contribution in [0.1, 0.15) is 11.1 Å². The van der Waals surface area contributed by atoms with Gasteiger partial charge in [-0.25, -0.2) is 0 Å². The van der Waals surface area contributed by atoms with Crippen LogP contribution in [-0.2, 0) is 0 Å². The normalized spacial score (nSPS) is 11.3. The van der Waals surface area contributed by atoms with E-state index in [9.17, 15) is 5.26 Å². The second kappa shape index (κ2) is 7.51. The van der Waals surface area contributed by atoms with E-state index in [2.05, 4.69) is 11.2 Å². The highest BCUT2D eigenvalue weighted by atomic mass is 16.5. The molecule has 0 aliphatic carbocycles. The first-order chi connectivity index (χ1) is 10.3. The van der Waals surface area contributed by atoms with Gasteiger partial charge in [0.15, 0.2) is 0 Å². The zero-order chi connectivity index (χ0) is 14.9. The molecule has 0 fully saturated rings. The van der Waals surface area contributed by atoms with Crippen molar-refractivity contribution < 1.29 is 9.94 Å². The molecule has 0 unspecified atom stereocenters. The molecule has 4 nitrogen and oxygen atoms in total. The molecule has 0 aliphatic heterocycles. The lowest BCUT2D eigenvalue weighted by molar-refractivity contribution is 0.321. The molecular formula is C17H14N2O2. The van der Waals surface area contributed by atoms with E-state index in [0.29, 0.717) is 16.9 Å². The maximum absolute atomic E-state index is 9.17. The van der Waals surface area contributed by atoms with Crippen molar-refractivity contribution in [2.45, 2.75) is 0 Å². The van der Waals surface area contributed by atoms with Crippen LogP contribution >= 0.6 is 0 Å². The molecule has 0 aliphatic rings. The summed E-state index contributed by atoms with van der Waals surface area (Å²) in [6, 6.07) is 18.9. The van der Waals surface area contributed by atoms with Crippen molar-refractivity contribution in [3.8, 4) is 11.8 Å². The third kappa shape index (κ3) is 4.22. The fraction of sp³-hybridized carbons (Fsp3) is 0.0588. The number of nitrogens with zero attached hydrogens (tertiary/aromatic N) is 2. The number of rotatable bonds is 5. The minimum absolute atomic E-state index is 0.154. The molecule has 0 atom stereocenters. The van der Waals surface area contributed by atoms with Gasteiger partial charge in [-0.05, 0) is 23.8 Å². The molecule has 0 bridgehead atoms. The Labute approximate surface area is 123 Å². The first kappa shape index (κ1) is 14.4. The molecule has 0 saturated carbocycles. The summed E-state index contributed by atoms with van der Waals surface area (Å²) >= 11 is 0. The predicted molar refractivity (Wildman–Crippen MR) is 81.3 cm³/mol. The number of nitriles is 1. The van der Waals surface area contributed by atoms with Crippen molar-refractivity contribution in [3.05, 3.63) is 71.3 Å². The molecule has 0 saturated heterocycles. The molecule has 0 heterocycles. The Morgan fingerprint density at radius 3 is 2.57 bits per heavy atom. The highest BCUT2D eigenvalue weighted by molar-refractivity contribution is 5.82. The Balaban J connectivity index is 2.11.